The van der Waals surface area contributed by atoms with Gasteiger partial charge in [0.05, 0.1) is 13.1 Å². The predicted molar refractivity (Wildman–Crippen MR) is 88.9 cm³/mol. The highest BCUT2D eigenvalue weighted by molar-refractivity contribution is 14.1. The first-order valence-electron chi connectivity index (χ1n) is 6.65. The molecular weight excluding hydrogens is 367 g/mol. The zero-order valence-electron chi connectivity index (χ0n) is 12.2. The smallest absolute Gasteiger partial charge is 0.236 e. The van der Waals surface area contributed by atoms with E-state index in [1.54, 1.807) is 19.0 Å². The molecule has 0 bridgehead atoms. The lowest BCUT2D eigenvalue weighted by Gasteiger charge is -2.22. The van der Waals surface area contributed by atoms with Crippen LogP contribution in [0.1, 0.15) is 23.7 Å². The van der Waals surface area contributed by atoms with Crippen molar-refractivity contribution in [3.8, 4) is 0 Å². The maximum atomic E-state index is 12.2. The van der Waals surface area contributed by atoms with Crippen LogP contribution in [0, 0.1) is 3.57 Å². The molecule has 0 heterocycles. The van der Waals surface area contributed by atoms with E-state index in [9.17, 15) is 9.59 Å². The third-order valence-electron chi connectivity index (χ3n) is 2.93. The molecule has 0 radical (unpaired) electrons. The molecule has 110 valence electrons. The summed E-state index contributed by atoms with van der Waals surface area (Å²) in [7, 11) is 3.46. The molecule has 0 fully saturated rings. The van der Waals surface area contributed by atoms with Gasteiger partial charge in [0.15, 0.2) is 5.78 Å². The Kier molecular flexibility index (Phi) is 7.15. The number of carbonyl (C=O) groups excluding carboxylic acids is 2. The Morgan fingerprint density at radius 2 is 1.70 bits per heavy atom. The average Bonchev–Trinajstić information content (AvgIpc) is 2.39. The van der Waals surface area contributed by atoms with Crippen molar-refractivity contribution in [2.24, 2.45) is 0 Å². The summed E-state index contributed by atoms with van der Waals surface area (Å²) in [5, 5.41) is 0. The first-order chi connectivity index (χ1) is 9.43. The van der Waals surface area contributed by atoms with E-state index in [0.29, 0.717) is 5.56 Å². The van der Waals surface area contributed by atoms with Crippen molar-refractivity contribution >= 4 is 34.3 Å². The Bertz CT molecular complexity index is 457. The van der Waals surface area contributed by atoms with Crippen LogP contribution < -0.4 is 0 Å². The number of hydrogen-bond acceptors (Lipinski definition) is 3. The van der Waals surface area contributed by atoms with Crippen LogP contribution in [0.5, 0.6) is 0 Å². The number of halogens is 1. The lowest BCUT2D eigenvalue weighted by Crippen LogP contribution is -2.39. The third-order valence-corrected chi connectivity index (χ3v) is 3.65. The van der Waals surface area contributed by atoms with E-state index >= 15 is 0 Å². The number of ketones is 1. The highest BCUT2D eigenvalue weighted by Gasteiger charge is 2.16. The predicted octanol–water partition coefficient (Wildman–Crippen LogP) is 2.27. The molecule has 20 heavy (non-hydrogen) atoms. The topological polar surface area (TPSA) is 40.6 Å². The highest BCUT2D eigenvalue weighted by Crippen LogP contribution is 2.08. The van der Waals surface area contributed by atoms with Crippen LogP contribution in [-0.4, -0.2) is 55.2 Å². The Balaban J connectivity index is 2.67. The van der Waals surface area contributed by atoms with Gasteiger partial charge >= 0.3 is 0 Å². The summed E-state index contributed by atoms with van der Waals surface area (Å²) in [6.07, 6.45) is 0.917. The van der Waals surface area contributed by atoms with Gasteiger partial charge in [0.2, 0.25) is 5.91 Å². The van der Waals surface area contributed by atoms with Crippen molar-refractivity contribution in [2.75, 3.05) is 33.7 Å². The van der Waals surface area contributed by atoms with Crippen LogP contribution in [0.25, 0.3) is 0 Å². The summed E-state index contributed by atoms with van der Waals surface area (Å²) in [6, 6.07) is 7.51. The van der Waals surface area contributed by atoms with E-state index in [-0.39, 0.29) is 24.8 Å². The molecule has 0 N–H and O–H groups in total. The zero-order chi connectivity index (χ0) is 15.1. The molecule has 5 heteroatoms. The van der Waals surface area contributed by atoms with Crippen LogP contribution in [0.4, 0.5) is 0 Å². The van der Waals surface area contributed by atoms with Crippen molar-refractivity contribution in [3.63, 3.8) is 0 Å². The average molecular weight is 388 g/mol. The normalized spacial score (nSPS) is 10.7. The Morgan fingerprint density at radius 1 is 1.10 bits per heavy atom. The van der Waals surface area contributed by atoms with Gasteiger partial charge in [0.1, 0.15) is 0 Å². The van der Waals surface area contributed by atoms with Crippen LogP contribution in [0.2, 0.25) is 0 Å². The number of nitrogens with zero attached hydrogens (tertiary/aromatic N) is 2. The molecule has 0 atom stereocenters. The summed E-state index contributed by atoms with van der Waals surface area (Å²) >= 11 is 2.21. The maximum absolute atomic E-state index is 12.2. The van der Waals surface area contributed by atoms with E-state index in [0.717, 1.165) is 16.5 Å². The monoisotopic (exact) mass is 388 g/mol. The number of likely N-dealkylation sites (N-methyl/N-ethyl adjacent to an activating group) is 1. The molecule has 0 aliphatic heterocycles. The fourth-order valence-corrected chi connectivity index (χ4v) is 2.15. The minimum Gasteiger partial charge on any atom is -0.348 e. The Morgan fingerprint density at radius 3 is 2.20 bits per heavy atom. The number of rotatable bonds is 7. The number of carbonyl (C=O) groups is 2. The van der Waals surface area contributed by atoms with Crippen molar-refractivity contribution in [3.05, 3.63) is 33.4 Å². The van der Waals surface area contributed by atoms with Gasteiger partial charge in [0, 0.05) is 23.2 Å². The van der Waals surface area contributed by atoms with Crippen molar-refractivity contribution in [1.29, 1.82) is 0 Å². The fraction of sp³-hybridized carbons (Fsp3) is 0.467. The molecule has 0 aliphatic rings. The number of Topliss-reactive ketones (excluding diaryl/α,β-unsaturated/α-hetero) is 1. The molecular formula is C15H21IN2O2. The van der Waals surface area contributed by atoms with Crippen molar-refractivity contribution < 1.29 is 9.59 Å². The maximum Gasteiger partial charge on any atom is 0.236 e. The van der Waals surface area contributed by atoms with E-state index in [1.807, 2.05) is 36.1 Å². The summed E-state index contributed by atoms with van der Waals surface area (Å²) in [5.74, 6) is 0.0790. The summed E-state index contributed by atoms with van der Waals surface area (Å²) in [4.78, 5) is 27.4. The van der Waals surface area contributed by atoms with Crippen LogP contribution in [0.3, 0.4) is 0 Å². The molecule has 0 saturated carbocycles. The second-order valence-electron chi connectivity index (χ2n) is 4.93. The highest BCUT2D eigenvalue weighted by atomic mass is 127. The number of hydrogen-bond donors (Lipinski definition) is 0. The zero-order valence-corrected chi connectivity index (χ0v) is 14.4. The SMILES string of the molecule is CCCN(CC(=O)c1ccc(I)cc1)CC(=O)N(C)C. The van der Waals surface area contributed by atoms with Crippen LogP contribution >= 0.6 is 22.6 Å². The van der Waals surface area contributed by atoms with E-state index in [2.05, 4.69) is 22.6 Å². The molecule has 0 aliphatic carbocycles. The molecule has 1 rings (SSSR count). The first-order valence-corrected chi connectivity index (χ1v) is 7.73. The largest absolute Gasteiger partial charge is 0.348 e. The van der Waals surface area contributed by atoms with Crippen molar-refractivity contribution in [2.45, 2.75) is 13.3 Å². The van der Waals surface area contributed by atoms with Gasteiger partial charge in [0.25, 0.3) is 0 Å². The number of benzene rings is 1. The molecule has 0 aromatic heterocycles. The number of amides is 1. The first kappa shape index (κ1) is 17.1. The Labute approximate surface area is 134 Å². The van der Waals surface area contributed by atoms with Gasteiger partial charge in [-0.25, -0.2) is 0 Å². The van der Waals surface area contributed by atoms with Crippen LogP contribution in [-0.2, 0) is 4.79 Å². The fourth-order valence-electron chi connectivity index (χ4n) is 1.79. The lowest BCUT2D eigenvalue weighted by atomic mass is 10.1. The van der Waals surface area contributed by atoms with Gasteiger partial charge in [-0.1, -0.05) is 19.1 Å². The van der Waals surface area contributed by atoms with Gasteiger partial charge in [-0.15, -0.1) is 0 Å². The quantitative estimate of drug-likeness (QED) is 0.532. The van der Waals surface area contributed by atoms with E-state index in [1.165, 1.54) is 0 Å². The Hall–Kier alpha value is -0.950. The lowest BCUT2D eigenvalue weighted by molar-refractivity contribution is -0.129. The van der Waals surface area contributed by atoms with Crippen LogP contribution in [0.15, 0.2) is 24.3 Å². The molecule has 0 saturated heterocycles. The third kappa shape index (κ3) is 5.58. The standard InChI is InChI=1S/C15H21IN2O2/c1-4-9-18(11-15(20)17(2)3)10-14(19)12-5-7-13(16)8-6-12/h5-8H,4,9-11H2,1-3H3. The summed E-state index contributed by atoms with van der Waals surface area (Å²) in [6.45, 7) is 3.36. The summed E-state index contributed by atoms with van der Waals surface area (Å²) in [5.41, 5.74) is 0.698. The van der Waals surface area contributed by atoms with E-state index in [4.69, 9.17) is 0 Å². The molecule has 1 amide bonds. The van der Waals surface area contributed by atoms with E-state index < -0.39 is 0 Å². The van der Waals surface area contributed by atoms with Gasteiger partial charge in [-0.3, -0.25) is 14.5 Å². The molecule has 0 spiro atoms. The van der Waals surface area contributed by atoms with Gasteiger partial charge in [-0.05, 0) is 47.7 Å². The van der Waals surface area contributed by atoms with Gasteiger partial charge in [-0.2, -0.15) is 0 Å². The van der Waals surface area contributed by atoms with Crippen molar-refractivity contribution in [1.82, 2.24) is 9.80 Å². The molecule has 0 unspecified atom stereocenters. The van der Waals surface area contributed by atoms with Gasteiger partial charge < -0.3 is 4.90 Å². The second-order valence-corrected chi connectivity index (χ2v) is 6.17. The minimum atomic E-state index is 0.0221. The summed E-state index contributed by atoms with van der Waals surface area (Å²) < 4.78 is 1.10. The molecule has 1 aromatic carbocycles. The molecule has 1 aromatic rings. The molecule has 4 nitrogen and oxygen atoms in total. The minimum absolute atomic E-state index is 0.0221. The second kappa shape index (κ2) is 8.36.